The summed E-state index contributed by atoms with van der Waals surface area (Å²) in [4.78, 5) is 21.8. The first-order valence-corrected chi connectivity index (χ1v) is 9.10. The molecule has 8 nitrogen and oxygen atoms in total. The number of nitrogens with one attached hydrogen (secondary N) is 1. The number of aromatic hydroxyl groups is 1. The van der Waals surface area contributed by atoms with Gasteiger partial charge in [0, 0.05) is 43.8 Å². The van der Waals surface area contributed by atoms with Crippen LogP contribution in [0.25, 0.3) is 0 Å². The highest BCUT2D eigenvalue weighted by Crippen LogP contribution is 2.24. The van der Waals surface area contributed by atoms with Gasteiger partial charge in [-0.25, -0.2) is 19.2 Å². The molecule has 2 N–H and O–H groups in total. The van der Waals surface area contributed by atoms with Crippen LogP contribution in [0.4, 0.5) is 20.7 Å². The maximum Gasteiger partial charge on any atom is 0.410 e. The van der Waals surface area contributed by atoms with Crippen LogP contribution in [-0.4, -0.2) is 51.4 Å². The van der Waals surface area contributed by atoms with E-state index in [0.29, 0.717) is 43.3 Å². The minimum Gasteiger partial charge on any atom is -0.505 e. The summed E-state index contributed by atoms with van der Waals surface area (Å²) in [5.41, 5.74) is 0.442. The van der Waals surface area contributed by atoms with E-state index in [1.54, 1.807) is 11.0 Å². The number of carbonyl (C=O) groups is 1. The predicted octanol–water partition coefficient (Wildman–Crippen LogP) is 3.45. The average molecular weight is 390 g/mol. The van der Waals surface area contributed by atoms with E-state index in [1.165, 1.54) is 24.5 Å². The minimum absolute atomic E-state index is 0.0723. The lowest BCUT2D eigenvalue weighted by Gasteiger charge is -2.31. The number of amides is 1. The van der Waals surface area contributed by atoms with E-state index in [2.05, 4.69) is 15.3 Å². The number of carbonyl (C=O) groups excluding carboxylic acids is 1. The van der Waals surface area contributed by atoms with E-state index in [1.807, 2.05) is 13.8 Å². The molecule has 1 aromatic carbocycles. The Balaban J connectivity index is 1.55. The van der Waals surface area contributed by atoms with Crippen LogP contribution in [0.2, 0.25) is 0 Å². The molecule has 3 rings (SSSR count). The number of ether oxygens (including phenoxy) is 2. The van der Waals surface area contributed by atoms with Crippen molar-refractivity contribution in [2.45, 2.75) is 38.9 Å². The van der Waals surface area contributed by atoms with Crippen LogP contribution in [0.3, 0.4) is 0 Å². The minimum atomic E-state index is -0.724. The summed E-state index contributed by atoms with van der Waals surface area (Å²) in [5.74, 6) is -0.313. The molecule has 1 aliphatic rings. The van der Waals surface area contributed by atoms with E-state index < -0.39 is 11.6 Å². The van der Waals surface area contributed by atoms with Gasteiger partial charge in [-0.05, 0) is 26.0 Å². The number of phenolic OH excluding ortho intramolecular Hbond substituents is 1. The number of benzene rings is 1. The average Bonchev–Trinajstić information content (AvgIpc) is 2.65. The molecule has 0 aliphatic carbocycles. The molecular formula is C19H23FN4O4. The molecule has 9 heteroatoms. The molecule has 1 amide bonds. The second-order valence-corrected chi connectivity index (χ2v) is 6.77. The molecule has 0 saturated carbocycles. The first-order chi connectivity index (χ1) is 13.4. The fourth-order valence-electron chi connectivity index (χ4n) is 2.81. The van der Waals surface area contributed by atoms with Gasteiger partial charge >= 0.3 is 6.09 Å². The Morgan fingerprint density at radius 1 is 1.29 bits per heavy atom. The maximum atomic E-state index is 13.4. The summed E-state index contributed by atoms with van der Waals surface area (Å²) in [7, 11) is 0. The van der Waals surface area contributed by atoms with Gasteiger partial charge in [0.25, 0.3) is 0 Å². The standard InChI is InChI=1S/C19H23FN4O4/c1-12(2)27-19(26)24-7-5-14(6-8-24)28-18-10-17(21-11-22-18)23-13-3-4-16(25)15(20)9-13/h3-4,9-12,14,25H,5-8H2,1-2H3,(H,21,22,23). The van der Waals surface area contributed by atoms with Crippen molar-refractivity contribution in [2.75, 3.05) is 18.4 Å². The molecule has 0 bridgehead atoms. The number of rotatable bonds is 5. The third-order valence-corrected chi connectivity index (χ3v) is 4.19. The Morgan fingerprint density at radius 2 is 2.04 bits per heavy atom. The summed E-state index contributed by atoms with van der Waals surface area (Å²) < 4.78 is 24.6. The van der Waals surface area contributed by atoms with Crippen molar-refractivity contribution in [3.05, 3.63) is 36.4 Å². The number of halogens is 1. The van der Waals surface area contributed by atoms with Gasteiger partial charge in [-0.3, -0.25) is 0 Å². The van der Waals surface area contributed by atoms with E-state index in [9.17, 15) is 14.3 Å². The number of anilines is 2. The number of piperidine rings is 1. The van der Waals surface area contributed by atoms with E-state index >= 15 is 0 Å². The highest BCUT2D eigenvalue weighted by atomic mass is 19.1. The Hall–Kier alpha value is -3.10. The zero-order valence-corrected chi connectivity index (χ0v) is 15.8. The van der Waals surface area contributed by atoms with Crippen molar-refractivity contribution in [2.24, 2.45) is 0 Å². The topological polar surface area (TPSA) is 96.8 Å². The van der Waals surface area contributed by atoms with Crippen molar-refractivity contribution in [3.8, 4) is 11.6 Å². The van der Waals surface area contributed by atoms with Crippen LogP contribution in [0, 0.1) is 5.82 Å². The van der Waals surface area contributed by atoms with Gasteiger partial charge in [0.1, 0.15) is 18.2 Å². The SMILES string of the molecule is CC(C)OC(=O)N1CCC(Oc2cc(Nc3ccc(O)c(F)c3)ncn2)CC1. The Labute approximate surface area is 162 Å². The third kappa shape index (κ3) is 5.21. The fourth-order valence-corrected chi connectivity index (χ4v) is 2.81. The Kier molecular flexibility index (Phi) is 6.13. The van der Waals surface area contributed by atoms with Crippen LogP contribution < -0.4 is 10.1 Å². The van der Waals surface area contributed by atoms with Crippen molar-refractivity contribution in [3.63, 3.8) is 0 Å². The summed E-state index contributed by atoms with van der Waals surface area (Å²) in [6, 6.07) is 5.58. The molecule has 0 spiro atoms. The zero-order valence-electron chi connectivity index (χ0n) is 15.8. The molecule has 1 fully saturated rings. The number of hydrogen-bond donors (Lipinski definition) is 2. The number of aromatic nitrogens is 2. The lowest BCUT2D eigenvalue weighted by molar-refractivity contribution is 0.0507. The van der Waals surface area contributed by atoms with Gasteiger partial charge in [0.05, 0.1) is 6.10 Å². The third-order valence-electron chi connectivity index (χ3n) is 4.19. The lowest BCUT2D eigenvalue weighted by Crippen LogP contribution is -2.42. The molecule has 1 aromatic heterocycles. The van der Waals surface area contributed by atoms with E-state index in [0.717, 1.165) is 0 Å². The van der Waals surface area contributed by atoms with Gasteiger partial charge in [0.15, 0.2) is 11.6 Å². The van der Waals surface area contributed by atoms with E-state index in [4.69, 9.17) is 9.47 Å². The number of nitrogens with zero attached hydrogens (tertiary/aromatic N) is 3. The Morgan fingerprint density at radius 3 is 2.71 bits per heavy atom. The molecule has 2 heterocycles. The quantitative estimate of drug-likeness (QED) is 0.755. The fraction of sp³-hybridized carbons (Fsp3) is 0.421. The van der Waals surface area contributed by atoms with Gasteiger partial charge in [0.2, 0.25) is 5.88 Å². The first kappa shape index (κ1) is 19.7. The van der Waals surface area contributed by atoms with Crippen molar-refractivity contribution < 1.29 is 23.8 Å². The highest BCUT2D eigenvalue weighted by molar-refractivity contribution is 5.67. The zero-order chi connectivity index (χ0) is 20.1. The molecule has 1 saturated heterocycles. The van der Waals surface area contributed by atoms with Gasteiger partial charge in [-0.15, -0.1) is 0 Å². The second-order valence-electron chi connectivity index (χ2n) is 6.77. The molecule has 28 heavy (non-hydrogen) atoms. The van der Waals surface area contributed by atoms with Crippen LogP contribution >= 0.6 is 0 Å². The number of likely N-dealkylation sites (tertiary alicyclic amines) is 1. The van der Waals surface area contributed by atoms with Gasteiger partial charge in [-0.2, -0.15) is 0 Å². The van der Waals surface area contributed by atoms with Crippen LogP contribution in [0.5, 0.6) is 11.6 Å². The highest BCUT2D eigenvalue weighted by Gasteiger charge is 2.25. The van der Waals surface area contributed by atoms with Crippen LogP contribution in [0.15, 0.2) is 30.6 Å². The van der Waals surface area contributed by atoms with E-state index in [-0.39, 0.29) is 18.3 Å². The number of phenols is 1. The summed E-state index contributed by atoms with van der Waals surface area (Å²) in [6.45, 7) is 4.75. The predicted molar refractivity (Wildman–Crippen MR) is 100 cm³/mol. The second kappa shape index (κ2) is 8.73. The van der Waals surface area contributed by atoms with Gasteiger partial charge in [-0.1, -0.05) is 0 Å². The molecular weight excluding hydrogens is 367 g/mol. The molecule has 1 aliphatic heterocycles. The number of hydrogen-bond acceptors (Lipinski definition) is 7. The van der Waals surface area contributed by atoms with Crippen LogP contribution in [-0.2, 0) is 4.74 Å². The smallest absolute Gasteiger partial charge is 0.410 e. The molecule has 150 valence electrons. The lowest BCUT2D eigenvalue weighted by atomic mass is 10.1. The molecule has 0 radical (unpaired) electrons. The molecule has 2 aromatic rings. The summed E-state index contributed by atoms with van der Waals surface area (Å²) >= 11 is 0. The molecule has 0 atom stereocenters. The Bertz CT molecular complexity index is 825. The maximum absolute atomic E-state index is 13.4. The van der Waals surface area contributed by atoms with Crippen LogP contribution in [0.1, 0.15) is 26.7 Å². The first-order valence-electron chi connectivity index (χ1n) is 9.10. The van der Waals surface area contributed by atoms with Crippen molar-refractivity contribution in [1.29, 1.82) is 0 Å². The normalized spacial score (nSPS) is 14.8. The molecule has 0 unspecified atom stereocenters. The van der Waals surface area contributed by atoms with Crippen molar-refractivity contribution >= 4 is 17.6 Å². The summed E-state index contributed by atoms with van der Waals surface area (Å²) in [5, 5.41) is 12.2. The van der Waals surface area contributed by atoms with Crippen molar-refractivity contribution in [1.82, 2.24) is 14.9 Å². The summed E-state index contributed by atoms with van der Waals surface area (Å²) in [6.07, 6.45) is 2.17. The largest absolute Gasteiger partial charge is 0.505 e. The van der Waals surface area contributed by atoms with Gasteiger partial charge < -0.3 is 24.8 Å². The monoisotopic (exact) mass is 390 g/mol.